The van der Waals surface area contributed by atoms with Gasteiger partial charge in [-0.3, -0.25) is 0 Å². The average molecular weight is 431 g/mol. The van der Waals surface area contributed by atoms with E-state index in [0.717, 1.165) is 12.1 Å². The Balaban J connectivity index is 2.06. The SMILES string of the molecule is O=CC1(C2=NOC(c3cc(Cl)c(Br)c(Cl)c3)(C(F)(F)F)C2)CC1. The molecule has 3 nitrogen and oxygen atoms in total. The summed E-state index contributed by atoms with van der Waals surface area (Å²) in [7, 11) is 0. The van der Waals surface area contributed by atoms with Crippen LogP contribution in [0.4, 0.5) is 13.2 Å². The van der Waals surface area contributed by atoms with E-state index < -0.39 is 23.6 Å². The molecule has 1 aliphatic carbocycles. The van der Waals surface area contributed by atoms with Gasteiger partial charge in [0, 0.05) is 12.0 Å². The number of rotatable bonds is 3. The monoisotopic (exact) mass is 429 g/mol. The molecule has 0 spiro atoms. The molecule has 1 aromatic rings. The van der Waals surface area contributed by atoms with E-state index in [1.807, 2.05) is 0 Å². The quantitative estimate of drug-likeness (QED) is 0.484. The first-order valence-electron chi connectivity index (χ1n) is 6.59. The molecule has 0 aromatic heterocycles. The van der Waals surface area contributed by atoms with E-state index in [2.05, 4.69) is 21.1 Å². The Labute approximate surface area is 147 Å². The van der Waals surface area contributed by atoms with Crippen LogP contribution in [0.1, 0.15) is 24.8 Å². The zero-order chi connectivity index (χ0) is 17.0. The highest BCUT2D eigenvalue weighted by Crippen LogP contribution is 2.55. The van der Waals surface area contributed by atoms with E-state index >= 15 is 0 Å². The normalized spacial score (nSPS) is 25.7. The van der Waals surface area contributed by atoms with E-state index in [0.29, 0.717) is 23.6 Å². The Kier molecular flexibility index (Phi) is 3.97. The highest BCUT2D eigenvalue weighted by atomic mass is 79.9. The second kappa shape index (κ2) is 5.36. The van der Waals surface area contributed by atoms with Gasteiger partial charge in [-0.2, -0.15) is 13.2 Å². The van der Waals surface area contributed by atoms with Crippen LogP contribution in [0.2, 0.25) is 10.0 Å². The number of carbonyl (C=O) groups excluding carboxylic acids is 1. The second-order valence-electron chi connectivity index (χ2n) is 5.66. The fourth-order valence-electron chi connectivity index (χ4n) is 2.57. The van der Waals surface area contributed by atoms with E-state index in [1.165, 1.54) is 0 Å². The number of carbonyl (C=O) groups is 1. The summed E-state index contributed by atoms with van der Waals surface area (Å²) in [6, 6.07) is 2.29. The Hall–Kier alpha value is -0.790. The second-order valence-corrected chi connectivity index (χ2v) is 7.27. The molecule has 23 heavy (non-hydrogen) atoms. The van der Waals surface area contributed by atoms with Crippen LogP contribution in [0, 0.1) is 5.41 Å². The van der Waals surface area contributed by atoms with Gasteiger partial charge in [-0.1, -0.05) is 28.4 Å². The standard InChI is InChI=1S/C14H9BrCl2F3NO2/c15-11-8(16)3-7(4-9(11)17)13(14(18,19)20)5-10(21-23-13)12(6-22)1-2-12/h3-4,6H,1-2,5H2. The summed E-state index contributed by atoms with van der Waals surface area (Å²) < 4.78 is 41.6. The molecule has 1 aromatic carbocycles. The summed E-state index contributed by atoms with van der Waals surface area (Å²) in [6.45, 7) is 0. The summed E-state index contributed by atoms with van der Waals surface area (Å²) in [5.74, 6) is 0. The van der Waals surface area contributed by atoms with Crippen molar-refractivity contribution in [1.82, 2.24) is 0 Å². The molecule has 1 atom stereocenters. The molecule has 2 aliphatic rings. The van der Waals surface area contributed by atoms with Gasteiger partial charge >= 0.3 is 6.18 Å². The molecule has 1 fully saturated rings. The molecule has 0 saturated heterocycles. The summed E-state index contributed by atoms with van der Waals surface area (Å²) >= 11 is 14.9. The maximum absolute atomic E-state index is 13.8. The highest BCUT2D eigenvalue weighted by Gasteiger charge is 2.65. The molecule has 0 radical (unpaired) electrons. The van der Waals surface area contributed by atoms with Crippen molar-refractivity contribution in [3.63, 3.8) is 0 Å². The molecule has 0 amide bonds. The molecule has 9 heteroatoms. The lowest BCUT2D eigenvalue weighted by atomic mass is 9.84. The Morgan fingerprint density at radius 3 is 2.26 bits per heavy atom. The predicted molar refractivity (Wildman–Crippen MR) is 82.8 cm³/mol. The smallest absolute Gasteiger partial charge is 0.374 e. The van der Waals surface area contributed by atoms with E-state index in [4.69, 9.17) is 28.0 Å². The lowest BCUT2D eigenvalue weighted by Gasteiger charge is -2.30. The zero-order valence-electron chi connectivity index (χ0n) is 11.4. The molecule has 124 valence electrons. The van der Waals surface area contributed by atoms with Crippen molar-refractivity contribution in [2.24, 2.45) is 10.6 Å². The molecular weight excluding hydrogens is 422 g/mol. The number of oxime groups is 1. The van der Waals surface area contributed by atoms with E-state index in [9.17, 15) is 18.0 Å². The van der Waals surface area contributed by atoms with Gasteiger partial charge in [0.05, 0.1) is 25.6 Å². The minimum Gasteiger partial charge on any atom is -0.374 e. The molecule has 3 rings (SSSR count). The van der Waals surface area contributed by atoms with Gasteiger partial charge in [0.1, 0.15) is 6.29 Å². The molecule has 1 aliphatic heterocycles. The minimum atomic E-state index is -4.75. The van der Waals surface area contributed by atoms with Gasteiger partial charge in [0.25, 0.3) is 5.60 Å². The first kappa shape index (κ1) is 17.0. The number of nitrogens with zero attached hydrogens (tertiary/aromatic N) is 1. The number of hydrogen-bond donors (Lipinski definition) is 0. The first-order valence-corrected chi connectivity index (χ1v) is 8.14. The third-order valence-corrected chi connectivity index (χ3v) is 6.13. The van der Waals surface area contributed by atoms with Gasteiger partial charge in [-0.05, 0) is 40.9 Å². The average Bonchev–Trinajstić information content (AvgIpc) is 3.13. The molecule has 0 N–H and O–H groups in total. The molecule has 1 unspecified atom stereocenters. The Morgan fingerprint density at radius 1 is 1.26 bits per heavy atom. The number of benzene rings is 1. The largest absolute Gasteiger partial charge is 0.435 e. The van der Waals surface area contributed by atoms with Crippen molar-refractivity contribution < 1.29 is 22.8 Å². The van der Waals surface area contributed by atoms with Crippen molar-refractivity contribution in [3.05, 3.63) is 32.2 Å². The third kappa shape index (κ3) is 2.57. The van der Waals surface area contributed by atoms with Crippen LogP contribution in [0.3, 0.4) is 0 Å². The van der Waals surface area contributed by atoms with Gasteiger partial charge < -0.3 is 9.63 Å². The predicted octanol–water partition coefficient (Wildman–Crippen LogP) is 5.27. The van der Waals surface area contributed by atoms with Crippen LogP contribution >= 0.6 is 39.1 Å². The molecule has 0 bridgehead atoms. The van der Waals surface area contributed by atoms with Crippen molar-refractivity contribution in [1.29, 1.82) is 0 Å². The number of halogens is 6. The molecular formula is C14H9BrCl2F3NO2. The van der Waals surface area contributed by atoms with Crippen molar-refractivity contribution in [3.8, 4) is 0 Å². The number of hydrogen-bond acceptors (Lipinski definition) is 3. The fraction of sp³-hybridized carbons (Fsp3) is 0.429. The third-order valence-electron chi connectivity index (χ3n) is 4.23. The van der Waals surface area contributed by atoms with Gasteiger partial charge in [0.2, 0.25) is 0 Å². The highest BCUT2D eigenvalue weighted by molar-refractivity contribution is 9.10. The maximum Gasteiger partial charge on any atom is 0.435 e. The zero-order valence-corrected chi connectivity index (χ0v) is 14.5. The van der Waals surface area contributed by atoms with Crippen molar-refractivity contribution >= 4 is 51.1 Å². The van der Waals surface area contributed by atoms with Gasteiger partial charge in [0.15, 0.2) is 0 Å². The number of alkyl halides is 3. The van der Waals surface area contributed by atoms with Crippen molar-refractivity contribution in [2.75, 3.05) is 0 Å². The van der Waals surface area contributed by atoms with Crippen LogP contribution in [0.15, 0.2) is 21.8 Å². The molecule has 1 heterocycles. The lowest BCUT2D eigenvalue weighted by molar-refractivity contribution is -0.275. The van der Waals surface area contributed by atoms with Gasteiger partial charge in [-0.25, -0.2) is 0 Å². The Bertz CT molecular complexity index is 695. The van der Waals surface area contributed by atoms with Crippen LogP contribution in [0.5, 0.6) is 0 Å². The fourth-order valence-corrected chi connectivity index (χ4v) is 3.28. The van der Waals surface area contributed by atoms with Crippen LogP contribution in [-0.4, -0.2) is 18.2 Å². The summed E-state index contributed by atoms with van der Waals surface area (Å²) in [4.78, 5) is 16.0. The van der Waals surface area contributed by atoms with Gasteiger partial charge in [-0.15, -0.1) is 0 Å². The first-order chi connectivity index (χ1) is 10.7. The summed E-state index contributed by atoms with van der Waals surface area (Å²) in [5, 5.41) is 3.65. The minimum absolute atomic E-state index is 0.0321. The summed E-state index contributed by atoms with van der Waals surface area (Å²) in [5.41, 5.74) is -3.74. The number of aldehydes is 1. The van der Waals surface area contributed by atoms with E-state index in [1.54, 1.807) is 0 Å². The lowest BCUT2D eigenvalue weighted by Crippen LogP contribution is -2.43. The van der Waals surface area contributed by atoms with Crippen LogP contribution in [0.25, 0.3) is 0 Å². The maximum atomic E-state index is 13.8. The Morgan fingerprint density at radius 2 is 1.83 bits per heavy atom. The van der Waals surface area contributed by atoms with E-state index in [-0.39, 0.29) is 21.3 Å². The topological polar surface area (TPSA) is 38.7 Å². The summed E-state index contributed by atoms with van der Waals surface area (Å²) in [6.07, 6.45) is -3.70. The molecule has 1 saturated carbocycles. The van der Waals surface area contributed by atoms with Crippen LogP contribution < -0.4 is 0 Å². The van der Waals surface area contributed by atoms with Crippen molar-refractivity contribution in [2.45, 2.75) is 31.0 Å². The van der Waals surface area contributed by atoms with Crippen LogP contribution in [-0.2, 0) is 15.2 Å².